The third-order valence-electron chi connectivity index (χ3n) is 4.39. The number of nitrogens with two attached hydrogens (primary N) is 1. The predicted molar refractivity (Wildman–Crippen MR) is 84.3 cm³/mol. The molecule has 1 heterocycles. The molecule has 1 aliphatic carbocycles. The zero-order valence-electron chi connectivity index (χ0n) is 12.7. The maximum atomic E-state index is 11.7. The van der Waals surface area contributed by atoms with E-state index >= 15 is 0 Å². The Morgan fingerprint density at radius 3 is 2.45 bits per heavy atom. The van der Waals surface area contributed by atoms with Crippen LogP contribution >= 0.6 is 11.8 Å². The van der Waals surface area contributed by atoms with Crippen LogP contribution in [0, 0.1) is 26.7 Å². The van der Waals surface area contributed by atoms with Crippen molar-refractivity contribution < 1.29 is 4.79 Å². The summed E-state index contributed by atoms with van der Waals surface area (Å²) >= 11 is 1.71. The number of primary amides is 1. The van der Waals surface area contributed by atoms with Gasteiger partial charge in [-0.3, -0.25) is 4.79 Å². The zero-order chi connectivity index (χ0) is 14.7. The molecule has 1 amide bonds. The van der Waals surface area contributed by atoms with E-state index in [1.807, 2.05) is 20.8 Å². The summed E-state index contributed by atoms with van der Waals surface area (Å²) in [5.41, 5.74) is 9.22. The molecule has 2 rings (SSSR count). The first-order chi connectivity index (χ1) is 9.50. The number of hydrogen-bond acceptors (Lipinski definition) is 3. The van der Waals surface area contributed by atoms with Gasteiger partial charge in [0.25, 0.3) is 5.91 Å². The first-order valence-corrected chi connectivity index (χ1v) is 8.39. The van der Waals surface area contributed by atoms with Crippen LogP contribution in [0.3, 0.4) is 0 Å². The van der Waals surface area contributed by atoms with Crippen LogP contribution in [0.4, 0.5) is 0 Å². The minimum Gasteiger partial charge on any atom is -0.366 e. The van der Waals surface area contributed by atoms with Gasteiger partial charge in [0.05, 0.1) is 5.56 Å². The van der Waals surface area contributed by atoms with Crippen LogP contribution in [-0.2, 0) is 0 Å². The second-order valence-corrected chi connectivity index (χ2v) is 6.82. The van der Waals surface area contributed by atoms with E-state index < -0.39 is 0 Å². The fraction of sp³-hybridized carbons (Fsp3) is 0.625. The highest BCUT2D eigenvalue weighted by Gasteiger charge is 2.19. The van der Waals surface area contributed by atoms with Gasteiger partial charge in [-0.15, -0.1) is 11.8 Å². The molecule has 0 saturated heterocycles. The summed E-state index contributed by atoms with van der Waals surface area (Å²) < 4.78 is 0. The van der Waals surface area contributed by atoms with E-state index in [0.717, 1.165) is 33.5 Å². The van der Waals surface area contributed by atoms with Crippen molar-refractivity contribution in [3.8, 4) is 0 Å². The second-order valence-electron chi connectivity index (χ2n) is 5.81. The standard InChI is InChI=1S/C16H24N2OS/c1-10-11(2)14(15(17)19)16(18-12(10)3)20-9-13-7-5-4-6-8-13/h13H,4-9H2,1-3H3,(H2,17,19). The zero-order valence-corrected chi connectivity index (χ0v) is 13.5. The molecule has 0 unspecified atom stereocenters. The number of pyridine rings is 1. The Bertz CT molecular complexity index is 508. The van der Waals surface area contributed by atoms with Crippen LogP contribution in [0.25, 0.3) is 0 Å². The van der Waals surface area contributed by atoms with Crippen molar-refractivity contribution >= 4 is 17.7 Å². The molecule has 4 heteroatoms. The van der Waals surface area contributed by atoms with Gasteiger partial charge in [0.15, 0.2) is 0 Å². The van der Waals surface area contributed by atoms with Crippen LogP contribution in [-0.4, -0.2) is 16.6 Å². The quantitative estimate of drug-likeness (QED) is 0.859. The number of thioether (sulfide) groups is 1. The minimum atomic E-state index is -0.357. The fourth-order valence-electron chi connectivity index (χ4n) is 2.86. The summed E-state index contributed by atoms with van der Waals surface area (Å²) in [6.45, 7) is 5.96. The summed E-state index contributed by atoms with van der Waals surface area (Å²) in [5.74, 6) is 1.46. The summed E-state index contributed by atoms with van der Waals surface area (Å²) in [5, 5.41) is 0.823. The Labute approximate surface area is 125 Å². The average Bonchev–Trinajstić information content (AvgIpc) is 2.43. The van der Waals surface area contributed by atoms with Crippen LogP contribution in [0.1, 0.15) is 59.3 Å². The molecular formula is C16H24N2OS. The van der Waals surface area contributed by atoms with Crippen molar-refractivity contribution in [2.24, 2.45) is 11.7 Å². The van der Waals surface area contributed by atoms with E-state index in [1.54, 1.807) is 11.8 Å². The molecule has 110 valence electrons. The first-order valence-electron chi connectivity index (χ1n) is 7.41. The smallest absolute Gasteiger partial charge is 0.251 e. The molecule has 3 nitrogen and oxygen atoms in total. The van der Waals surface area contributed by atoms with Crippen molar-refractivity contribution in [1.82, 2.24) is 4.98 Å². The fourth-order valence-corrected chi connectivity index (χ4v) is 4.18. The number of hydrogen-bond donors (Lipinski definition) is 1. The third kappa shape index (κ3) is 3.35. The normalized spacial score (nSPS) is 16.4. The van der Waals surface area contributed by atoms with Gasteiger partial charge in [-0.05, 0) is 50.7 Å². The van der Waals surface area contributed by atoms with Gasteiger partial charge < -0.3 is 5.73 Å². The monoisotopic (exact) mass is 292 g/mol. The lowest BCUT2D eigenvalue weighted by Gasteiger charge is -2.21. The molecule has 0 radical (unpaired) electrons. The SMILES string of the molecule is Cc1nc(SCC2CCCCC2)c(C(N)=O)c(C)c1C. The lowest BCUT2D eigenvalue weighted by atomic mass is 9.91. The average molecular weight is 292 g/mol. The number of carbonyl (C=O) groups excluding carboxylic acids is 1. The summed E-state index contributed by atoms with van der Waals surface area (Å²) in [4.78, 5) is 16.3. The van der Waals surface area contributed by atoms with Crippen molar-refractivity contribution in [3.05, 3.63) is 22.4 Å². The van der Waals surface area contributed by atoms with E-state index in [2.05, 4.69) is 4.98 Å². The molecule has 1 aromatic rings. The Hall–Kier alpha value is -1.03. The Balaban J connectivity index is 2.19. The predicted octanol–water partition coefficient (Wildman–Crippen LogP) is 3.78. The number of rotatable bonds is 4. The largest absolute Gasteiger partial charge is 0.366 e. The second kappa shape index (κ2) is 6.61. The Morgan fingerprint density at radius 1 is 1.20 bits per heavy atom. The molecule has 0 atom stereocenters. The highest BCUT2D eigenvalue weighted by molar-refractivity contribution is 7.99. The molecular weight excluding hydrogens is 268 g/mol. The van der Waals surface area contributed by atoms with Crippen molar-refractivity contribution in [2.75, 3.05) is 5.75 Å². The highest BCUT2D eigenvalue weighted by Crippen LogP contribution is 2.32. The van der Waals surface area contributed by atoms with Gasteiger partial charge in [0.1, 0.15) is 5.03 Å². The molecule has 1 aromatic heterocycles. The summed E-state index contributed by atoms with van der Waals surface area (Å²) in [6, 6.07) is 0. The first kappa shape index (κ1) is 15.4. The van der Waals surface area contributed by atoms with E-state index in [1.165, 1.54) is 32.1 Å². The molecule has 1 saturated carbocycles. The summed E-state index contributed by atoms with van der Waals surface area (Å²) in [6.07, 6.45) is 6.67. The van der Waals surface area contributed by atoms with Crippen molar-refractivity contribution in [3.63, 3.8) is 0 Å². The molecule has 2 N–H and O–H groups in total. The van der Waals surface area contributed by atoms with Crippen molar-refractivity contribution in [2.45, 2.75) is 57.9 Å². The summed E-state index contributed by atoms with van der Waals surface area (Å²) in [7, 11) is 0. The molecule has 1 aliphatic rings. The lowest BCUT2D eigenvalue weighted by molar-refractivity contribution is 0.0996. The Morgan fingerprint density at radius 2 is 1.85 bits per heavy atom. The van der Waals surface area contributed by atoms with Crippen molar-refractivity contribution in [1.29, 1.82) is 0 Å². The lowest BCUT2D eigenvalue weighted by Crippen LogP contribution is -2.17. The van der Waals surface area contributed by atoms with Crippen LogP contribution in [0.2, 0.25) is 0 Å². The van der Waals surface area contributed by atoms with E-state index in [4.69, 9.17) is 5.73 Å². The maximum Gasteiger partial charge on any atom is 0.251 e. The number of aryl methyl sites for hydroxylation is 1. The number of amides is 1. The van der Waals surface area contributed by atoms with Gasteiger partial charge in [-0.25, -0.2) is 4.98 Å². The molecule has 0 aliphatic heterocycles. The van der Waals surface area contributed by atoms with Gasteiger partial charge >= 0.3 is 0 Å². The molecule has 0 bridgehead atoms. The van der Waals surface area contributed by atoms with Gasteiger partial charge in [0, 0.05) is 11.4 Å². The number of nitrogens with zero attached hydrogens (tertiary/aromatic N) is 1. The van der Waals surface area contributed by atoms with Crippen LogP contribution < -0.4 is 5.73 Å². The number of aromatic nitrogens is 1. The van der Waals surface area contributed by atoms with E-state index in [-0.39, 0.29) is 5.91 Å². The molecule has 0 aromatic carbocycles. The van der Waals surface area contributed by atoms with Crippen LogP contribution in [0.15, 0.2) is 5.03 Å². The molecule has 0 spiro atoms. The van der Waals surface area contributed by atoms with Crippen LogP contribution in [0.5, 0.6) is 0 Å². The minimum absolute atomic E-state index is 0.357. The molecule has 20 heavy (non-hydrogen) atoms. The van der Waals surface area contributed by atoms with Gasteiger partial charge in [-0.2, -0.15) is 0 Å². The maximum absolute atomic E-state index is 11.7. The number of carbonyl (C=O) groups is 1. The molecule has 1 fully saturated rings. The highest BCUT2D eigenvalue weighted by atomic mass is 32.2. The van der Waals surface area contributed by atoms with E-state index in [0.29, 0.717) is 5.56 Å². The third-order valence-corrected chi connectivity index (χ3v) is 5.60. The van der Waals surface area contributed by atoms with E-state index in [9.17, 15) is 4.79 Å². The Kier molecular flexibility index (Phi) is 5.08. The topological polar surface area (TPSA) is 56.0 Å². The van der Waals surface area contributed by atoms with Gasteiger partial charge in [-0.1, -0.05) is 19.3 Å². The van der Waals surface area contributed by atoms with Gasteiger partial charge in [0.2, 0.25) is 0 Å².